The van der Waals surface area contributed by atoms with Gasteiger partial charge < -0.3 is 10.2 Å². The topological polar surface area (TPSA) is 32.3 Å². The molecule has 0 aromatic heterocycles. The average molecular weight is 204 g/mol. The molecule has 1 saturated carbocycles. The highest BCUT2D eigenvalue weighted by Crippen LogP contribution is 2.18. The Balaban J connectivity index is 1.88. The third-order valence-corrected chi connectivity index (χ3v) is 2.64. The van der Waals surface area contributed by atoms with Gasteiger partial charge in [0.2, 0.25) is 5.91 Å². The van der Waals surface area contributed by atoms with Gasteiger partial charge in [-0.1, -0.05) is 18.2 Å². The molecule has 1 N–H and O–H groups in total. The maximum Gasteiger partial charge on any atom is 0.240 e. The lowest BCUT2D eigenvalue weighted by Crippen LogP contribution is -2.36. The van der Waals surface area contributed by atoms with E-state index < -0.39 is 0 Å². The molecule has 15 heavy (non-hydrogen) atoms. The van der Waals surface area contributed by atoms with Crippen molar-refractivity contribution in [2.24, 2.45) is 0 Å². The van der Waals surface area contributed by atoms with Gasteiger partial charge in [-0.3, -0.25) is 4.79 Å². The molecule has 3 heteroatoms. The monoisotopic (exact) mass is 204 g/mol. The predicted octanol–water partition coefficient (Wildman–Crippen LogP) is 1.40. The van der Waals surface area contributed by atoms with Crippen LogP contribution >= 0.6 is 0 Å². The Bertz CT molecular complexity index is 333. The third kappa shape index (κ3) is 2.80. The lowest BCUT2D eigenvalue weighted by molar-refractivity contribution is -0.117. The maximum atomic E-state index is 11.7. The highest BCUT2D eigenvalue weighted by molar-refractivity contribution is 5.94. The van der Waals surface area contributed by atoms with Gasteiger partial charge in [-0.25, -0.2) is 0 Å². The van der Waals surface area contributed by atoms with Gasteiger partial charge in [0.25, 0.3) is 0 Å². The number of rotatable bonds is 4. The molecule has 0 radical (unpaired) electrons. The number of carbonyl (C=O) groups excluding carboxylic acids is 1. The van der Waals surface area contributed by atoms with Crippen LogP contribution in [0.1, 0.15) is 12.8 Å². The number of anilines is 1. The van der Waals surface area contributed by atoms with E-state index in [1.54, 1.807) is 4.90 Å². The van der Waals surface area contributed by atoms with Crippen LogP contribution in [0.25, 0.3) is 0 Å². The molecule has 1 aromatic carbocycles. The first-order valence-electron chi connectivity index (χ1n) is 5.32. The van der Waals surface area contributed by atoms with Crippen molar-refractivity contribution in [2.75, 3.05) is 18.5 Å². The normalized spacial score (nSPS) is 15.0. The van der Waals surface area contributed by atoms with E-state index in [2.05, 4.69) is 5.32 Å². The summed E-state index contributed by atoms with van der Waals surface area (Å²) in [6, 6.07) is 10.3. The van der Waals surface area contributed by atoms with Crippen molar-refractivity contribution in [1.29, 1.82) is 0 Å². The minimum Gasteiger partial charge on any atom is -0.314 e. The summed E-state index contributed by atoms with van der Waals surface area (Å²) in [4.78, 5) is 13.4. The minimum atomic E-state index is 0.119. The summed E-state index contributed by atoms with van der Waals surface area (Å²) in [5.74, 6) is 0.119. The molecule has 0 atom stereocenters. The summed E-state index contributed by atoms with van der Waals surface area (Å²) in [6.07, 6.45) is 2.42. The zero-order chi connectivity index (χ0) is 10.7. The lowest BCUT2D eigenvalue weighted by atomic mass is 10.3. The number of carbonyl (C=O) groups is 1. The summed E-state index contributed by atoms with van der Waals surface area (Å²) < 4.78 is 0. The Hall–Kier alpha value is -1.35. The summed E-state index contributed by atoms with van der Waals surface area (Å²) >= 11 is 0. The van der Waals surface area contributed by atoms with E-state index in [4.69, 9.17) is 0 Å². The summed E-state index contributed by atoms with van der Waals surface area (Å²) in [7, 11) is 1.81. The number of amides is 1. The number of hydrogen-bond acceptors (Lipinski definition) is 2. The summed E-state index contributed by atoms with van der Waals surface area (Å²) in [5.41, 5.74) is 0.945. The van der Waals surface area contributed by atoms with Crippen molar-refractivity contribution in [3.63, 3.8) is 0 Å². The van der Waals surface area contributed by atoms with E-state index in [0.29, 0.717) is 12.6 Å². The quantitative estimate of drug-likeness (QED) is 0.804. The van der Waals surface area contributed by atoms with E-state index in [0.717, 1.165) is 5.69 Å². The fourth-order valence-corrected chi connectivity index (χ4v) is 1.43. The molecule has 0 saturated heterocycles. The maximum absolute atomic E-state index is 11.7. The highest BCUT2D eigenvalue weighted by Gasteiger charge is 2.22. The number of para-hydroxylation sites is 1. The van der Waals surface area contributed by atoms with Crippen LogP contribution in [0.3, 0.4) is 0 Å². The van der Waals surface area contributed by atoms with Gasteiger partial charge in [-0.05, 0) is 25.0 Å². The smallest absolute Gasteiger partial charge is 0.240 e. The van der Waals surface area contributed by atoms with Crippen molar-refractivity contribution in [2.45, 2.75) is 18.9 Å². The Kier molecular flexibility index (Phi) is 3.02. The van der Waals surface area contributed by atoms with Crippen molar-refractivity contribution in [1.82, 2.24) is 5.32 Å². The van der Waals surface area contributed by atoms with Crippen molar-refractivity contribution < 1.29 is 4.79 Å². The number of likely N-dealkylation sites (N-methyl/N-ethyl adjacent to an activating group) is 1. The second-order valence-electron chi connectivity index (χ2n) is 3.94. The van der Waals surface area contributed by atoms with Gasteiger partial charge >= 0.3 is 0 Å². The lowest BCUT2D eigenvalue weighted by Gasteiger charge is -2.17. The van der Waals surface area contributed by atoms with E-state index in [1.807, 2.05) is 37.4 Å². The second-order valence-corrected chi connectivity index (χ2v) is 3.94. The van der Waals surface area contributed by atoms with E-state index >= 15 is 0 Å². The Morgan fingerprint density at radius 3 is 2.67 bits per heavy atom. The van der Waals surface area contributed by atoms with Crippen molar-refractivity contribution in [3.8, 4) is 0 Å². The average Bonchev–Trinajstić information content (AvgIpc) is 3.10. The molecule has 3 nitrogen and oxygen atoms in total. The molecule has 80 valence electrons. The van der Waals surface area contributed by atoms with Crippen LogP contribution in [-0.2, 0) is 4.79 Å². The molecule has 1 amide bonds. The predicted molar refractivity (Wildman–Crippen MR) is 60.9 cm³/mol. The number of nitrogens with one attached hydrogen (secondary N) is 1. The fourth-order valence-electron chi connectivity index (χ4n) is 1.43. The first-order valence-corrected chi connectivity index (χ1v) is 5.32. The van der Waals surface area contributed by atoms with Gasteiger partial charge in [0.05, 0.1) is 6.54 Å². The molecule has 0 aliphatic heterocycles. The Morgan fingerprint density at radius 2 is 2.07 bits per heavy atom. The molecule has 2 rings (SSSR count). The van der Waals surface area contributed by atoms with Gasteiger partial charge in [-0.2, -0.15) is 0 Å². The summed E-state index contributed by atoms with van der Waals surface area (Å²) in [6.45, 7) is 0.441. The zero-order valence-electron chi connectivity index (χ0n) is 8.94. The van der Waals surface area contributed by atoms with Gasteiger partial charge in [0.15, 0.2) is 0 Å². The molecule has 1 aliphatic carbocycles. The standard InChI is InChI=1S/C12H16N2O/c1-14(11-5-3-2-4-6-11)12(15)9-13-10-7-8-10/h2-6,10,13H,7-9H2,1H3. The van der Waals surface area contributed by atoms with Crippen LogP contribution in [0.4, 0.5) is 5.69 Å². The first kappa shape index (κ1) is 10.2. The molecule has 1 aliphatic rings. The van der Waals surface area contributed by atoms with Crippen molar-refractivity contribution in [3.05, 3.63) is 30.3 Å². The van der Waals surface area contributed by atoms with E-state index in [-0.39, 0.29) is 5.91 Å². The molecular weight excluding hydrogens is 188 g/mol. The molecule has 0 spiro atoms. The molecule has 0 unspecified atom stereocenters. The van der Waals surface area contributed by atoms with Gasteiger partial charge in [0.1, 0.15) is 0 Å². The van der Waals surface area contributed by atoms with Gasteiger partial charge in [-0.15, -0.1) is 0 Å². The minimum absolute atomic E-state index is 0.119. The van der Waals surface area contributed by atoms with Crippen LogP contribution in [0.15, 0.2) is 30.3 Å². The number of benzene rings is 1. The van der Waals surface area contributed by atoms with E-state index in [1.165, 1.54) is 12.8 Å². The van der Waals surface area contributed by atoms with Crippen LogP contribution in [0, 0.1) is 0 Å². The van der Waals surface area contributed by atoms with Crippen LogP contribution in [-0.4, -0.2) is 25.5 Å². The highest BCUT2D eigenvalue weighted by atomic mass is 16.2. The van der Waals surface area contributed by atoms with Crippen LogP contribution < -0.4 is 10.2 Å². The van der Waals surface area contributed by atoms with Gasteiger partial charge in [0, 0.05) is 18.8 Å². The summed E-state index contributed by atoms with van der Waals surface area (Å²) in [5, 5.41) is 3.22. The fraction of sp³-hybridized carbons (Fsp3) is 0.417. The largest absolute Gasteiger partial charge is 0.314 e. The molecule has 1 fully saturated rings. The Morgan fingerprint density at radius 1 is 1.40 bits per heavy atom. The third-order valence-electron chi connectivity index (χ3n) is 2.64. The van der Waals surface area contributed by atoms with Crippen LogP contribution in [0.2, 0.25) is 0 Å². The Labute approximate surface area is 90.1 Å². The molecule has 0 bridgehead atoms. The first-order chi connectivity index (χ1) is 7.27. The zero-order valence-corrected chi connectivity index (χ0v) is 8.94. The second kappa shape index (κ2) is 4.45. The molecule has 0 heterocycles. The SMILES string of the molecule is CN(C(=O)CNC1CC1)c1ccccc1. The van der Waals surface area contributed by atoms with Crippen LogP contribution in [0.5, 0.6) is 0 Å². The molecular formula is C12H16N2O. The number of nitrogens with zero attached hydrogens (tertiary/aromatic N) is 1. The molecule has 1 aromatic rings. The van der Waals surface area contributed by atoms with E-state index in [9.17, 15) is 4.79 Å². The number of hydrogen-bond donors (Lipinski definition) is 1. The van der Waals surface area contributed by atoms with Crippen molar-refractivity contribution >= 4 is 11.6 Å².